The third-order valence-corrected chi connectivity index (χ3v) is 10.4. The lowest BCUT2D eigenvalue weighted by Crippen LogP contribution is -2.71. The summed E-state index contributed by atoms with van der Waals surface area (Å²) in [7, 11) is 0. The molecule has 0 atom stereocenters. The van der Waals surface area contributed by atoms with Gasteiger partial charge in [0.1, 0.15) is 33.3 Å². The highest BCUT2D eigenvalue weighted by atomic mass is 16.6. The Balaban J connectivity index is 6.65. The number of carbonyl (C=O) groups is 6. The number of hydrogen-bond donors (Lipinski definition) is 5. The van der Waals surface area contributed by atoms with Gasteiger partial charge in [0.15, 0.2) is 0 Å². The second kappa shape index (κ2) is 18.0. The van der Waals surface area contributed by atoms with Crippen LogP contribution in [0.1, 0.15) is 161 Å². The highest BCUT2D eigenvalue weighted by Crippen LogP contribution is 2.28. The Labute approximate surface area is 289 Å². The third-order valence-electron chi connectivity index (χ3n) is 10.4. The smallest absolute Gasteiger partial charge is 0.332 e. The van der Waals surface area contributed by atoms with Crippen LogP contribution in [0.2, 0.25) is 0 Å². The zero-order valence-electron chi connectivity index (χ0n) is 32.4. The summed E-state index contributed by atoms with van der Waals surface area (Å²) in [6, 6.07) is 0. The molecule has 12 nitrogen and oxygen atoms in total. The Kier molecular flexibility index (Phi) is 16.8. The van der Waals surface area contributed by atoms with Crippen molar-refractivity contribution in [3.63, 3.8) is 0 Å². The maximum Gasteiger partial charge on any atom is 0.332 e. The van der Waals surface area contributed by atoms with Crippen molar-refractivity contribution >= 4 is 35.5 Å². The lowest BCUT2D eigenvalue weighted by Gasteiger charge is -2.43. The summed E-state index contributed by atoms with van der Waals surface area (Å²) in [5.74, 6) is -2.97. The minimum atomic E-state index is -1.42. The first kappa shape index (κ1) is 44.8. The number of rotatable bonds is 20. The molecule has 48 heavy (non-hydrogen) atoms. The zero-order valence-corrected chi connectivity index (χ0v) is 32.4. The third kappa shape index (κ3) is 9.94. The highest BCUT2D eigenvalue weighted by molar-refractivity contribution is 6.01. The predicted octanol–water partition coefficient (Wildman–Crippen LogP) is 4.72. The summed E-state index contributed by atoms with van der Waals surface area (Å²) in [5.41, 5.74) is -7.45. The summed E-state index contributed by atoms with van der Waals surface area (Å²) in [6.07, 6.45) is 2.52. The fraction of sp³-hybridized carbons (Fsp3) is 0.833. The average Bonchev–Trinajstić information content (AvgIpc) is 3.04. The van der Waals surface area contributed by atoms with Gasteiger partial charge in [0.2, 0.25) is 29.5 Å². The molecule has 0 saturated heterocycles. The molecule has 0 radical (unpaired) electrons. The Morgan fingerprint density at radius 3 is 0.792 bits per heavy atom. The first-order valence-corrected chi connectivity index (χ1v) is 18.0. The standard InChI is InChI=1S/C36H67N5O7/c1-15-32(16-2,37-25(11)42)26(43)38-33(17-3,18-4)27(44)39-34(19-5,20-6)28(45)40-35(21-7,22-8)29(46)41-36(23-9,24-10)30(47)48-31(12,13)14/h15-24H2,1-14H3,(H,37,42)(H,38,43)(H,39,44)(H,40,45)(H,41,46). The monoisotopic (exact) mass is 682 g/mol. The SMILES string of the molecule is CCC(CC)(NC(C)=O)C(=O)NC(CC)(CC)C(=O)NC(CC)(CC)C(=O)NC(CC)(CC)C(=O)NC(CC)(CC)C(=O)OC(C)(C)C. The van der Waals surface area contributed by atoms with Crippen molar-refractivity contribution < 1.29 is 33.5 Å². The topological polar surface area (TPSA) is 172 Å². The summed E-state index contributed by atoms with van der Waals surface area (Å²) in [5, 5.41) is 14.6. The van der Waals surface area contributed by atoms with E-state index >= 15 is 0 Å². The van der Waals surface area contributed by atoms with E-state index in [1.165, 1.54) is 6.92 Å². The van der Waals surface area contributed by atoms with Crippen LogP contribution in [0.5, 0.6) is 0 Å². The van der Waals surface area contributed by atoms with Gasteiger partial charge in [0.05, 0.1) is 0 Å². The lowest BCUT2D eigenvalue weighted by atomic mass is 9.83. The van der Waals surface area contributed by atoms with Gasteiger partial charge < -0.3 is 31.3 Å². The maximum atomic E-state index is 14.3. The number of ether oxygens (including phenoxy) is 1. The molecule has 5 N–H and O–H groups in total. The van der Waals surface area contributed by atoms with Crippen LogP contribution in [-0.4, -0.2) is 68.8 Å². The predicted molar refractivity (Wildman–Crippen MR) is 189 cm³/mol. The van der Waals surface area contributed by atoms with Gasteiger partial charge in [-0.1, -0.05) is 69.2 Å². The Morgan fingerprint density at radius 2 is 0.604 bits per heavy atom. The van der Waals surface area contributed by atoms with E-state index in [2.05, 4.69) is 26.6 Å². The number of hydrogen-bond acceptors (Lipinski definition) is 7. The van der Waals surface area contributed by atoms with Crippen LogP contribution in [0.15, 0.2) is 0 Å². The van der Waals surface area contributed by atoms with E-state index in [9.17, 15) is 28.8 Å². The van der Waals surface area contributed by atoms with E-state index in [4.69, 9.17) is 4.74 Å². The van der Waals surface area contributed by atoms with Crippen molar-refractivity contribution in [2.24, 2.45) is 0 Å². The molecule has 0 aromatic rings. The van der Waals surface area contributed by atoms with Gasteiger partial charge in [0.25, 0.3) is 0 Å². The highest BCUT2D eigenvalue weighted by Gasteiger charge is 2.50. The van der Waals surface area contributed by atoms with E-state index in [1.807, 2.05) is 0 Å². The van der Waals surface area contributed by atoms with Crippen LogP contribution in [0.25, 0.3) is 0 Å². The van der Waals surface area contributed by atoms with Gasteiger partial charge in [-0.05, 0) is 85.0 Å². The molecule has 0 saturated carbocycles. The summed E-state index contributed by atoms with van der Waals surface area (Å²) < 4.78 is 5.68. The van der Waals surface area contributed by atoms with Crippen molar-refractivity contribution in [3.8, 4) is 0 Å². The summed E-state index contributed by atoms with van der Waals surface area (Å²) in [4.78, 5) is 81.6. The van der Waals surface area contributed by atoms with Crippen LogP contribution in [0, 0.1) is 0 Å². The molecule has 278 valence electrons. The molecular formula is C36H67N5O7. The normalized spacial score (nSPS) is 12.9. The van der Waals surface area contributed by atoms with E-state index in [-0.39, 0.29) is 57.3 Å². The van der Waals surface area contributed by atoms with E-state index in [1.54, 1.807) is 90.0 Å². The molecule has 0 bridgehead atoms. The number of nitrogens with one attached hydrogen (secondary N) is 5. The Morgan fingerprint density at radius 1 is 0.396 bits per heavy atom. The van der Waals surface area contributed by atoms with Gasteiger partial charge in [-0.15, -0.1) is 0 Å². The molecule has 0 aliphatic heterocycles. The fourth-order valence-corrected chi connectivity index (χ4v) is 6.05. The molecule has 0 aliphatic rings. The van der Waals surface area contributed by atoms with E-state index < -0.39 is 62.9 Å². The van der Waals surface area contributed by atoms with Gasteiger partial charge in [0, 0.05) is 6.92 Å². The molecular weight excluding hydrogens is 614 g/mol. The van der Waals surface area contributed by atoms with Crippen molar-refractivity contribution in [2.75, 3.05) is 0 Å². The van der Waals surface area contributed by atoms with E-state index in [0.717, 1.165) is 0 Å². The molecule has 0 unspecified atom stereocenters. The molecule has 0 aliphatic carbocycles. The quantitative estimate of drug-likeness (QED) is 0.116. The van der Waals surface area contributed by atoms with Crippen LogP contribution in [-0.2, 0) is 33.5 Å². The van der Waals surface area contributed by atoms with Crippen LogP contribution < -0.4 is 26.6 Å². The second-order valence-corrected chi connectivity index (χ2v) is 13.9. The van der Waals surface area contributed by atoms with Gasteiger partial charge >= 0.3 is 5.97 Å². The molecule has 0 heterocycles. The summed E-state index contributed by atoms with van der Waals surface area (Å²) >= 11 is 0. The Hall–Kier alpha value is -3.18. The van der Waals surface area contributed by atoms with Gasteiger partial charge in [-0.25, -0.2) is 4.79 Å². The first-order valence-electron chi connectivity index (χ1n) is 18.0. The molecule has 0 rings (SSSR count). The fourth-order valence-electron chi connectivity index (χ4n) is 6.05. The number of carbonyl (C=O) groups excluding carboxylic acids is 6. The molecule has 0 aromatic carbocycles. The Bertz CT molecular complexity index is 1120. The van der Waals surface area contributed by atoms with E-state index in [0.29, 0.717) is 12.8 Å². The molecule has 12 heteroatoms. The lowest BCUT2D eigenvalue weighted by molar-refractivity contribution is -0.166. The largest absolute Gasteiger partial charge is 0.458 e. The van der Waals surface area contributed by atoms with Crippen LogP contribution in [0.3, 0.4) is 0 Å². The zero-order chi connectivity index (χ0) is 37.8. The van der Waals surface area contributed by atoms with Crippen LogP contribution in [0.4, 0.5) is 0 Å². The molecule has 0 spiro atoms. The average molecular weight is 682 g/mol. The molecule has 0 aromatic heterocycles. The van der Waals surface area contributed by atoms with Crippen molar-refractivity contribution in [1.29, 1.82) is 0 Å². The van der Waals surface area contributed by atoms with Gasteiger partial charge in [-0.3, -0.25) is 24.0 Å². The maximum absolute atomic E-state index is 14.3. The minimum Gasteiger partial charge on any atom is -0.458 e. The van der Waals surface area contributed by atoms with Crippen molar-refractivity contribution in [3.05, 3.63) is 0 Å². The molecule has 5 amide bonds. The first-order chi connectivity index (χ1) is 22.2. The number of amides is 5. The van der Waals surface area contributed by atoms with Gasteiger partial charge in [-0.2, -0.15) is 0 Å². The summed E-state index contributed by atoms with van der Waals surface area (Å²) in [6.45, 7) is 24.5. The molecule has 0 fully saturated rings. The number of esters is 1. The van der Waals surface area contributed by atoms with Crippen molar-refractivity contribution in [2.45, 2.75) is 194 Å². The van der Waals surface area contributed by atoms with Crippen molar-refractivity contribution in [1.82, 2.24) is 26.6 Å². The minimum absolute atomic E-state index is 0.204. The second-order valence-electron chi connectivity index (χ2n) is 13.9. The van der Waals surface area contributed by atoms with Crippen LogP contribution >= 0.6 is 0 Å².